The zero-order valence-corrected chi connectivity index (χ0v) is 12.1. The Kier molecular flexibility index (Phi) is 4.38. The van der Waals surface area contributed by atoms with Crippen LogP contribution in [0.25, 0.3) is 11.0 Å². The summed E-state index contributed by atoms with van der Waals surface area (Å²) in [7, 11) is 2.03. The van der Waals surface area contributed by atoms with E-state index in [0.29, 0.717) is 12.1 Å². The zero-order chi connectivity index (χ0) is 13.8. The van der Waals surface area contributed by atoms with Crippen molar-refractivity contribution in [3.8, 4) is 0 Å². The van der Waals surface area contributed by atoms with Crippen LogP contribution in [0.2, 0.25) is 0 Å². The Labute approximate surface area is 120 Å². The number of ether oxygens (including phenoxy) is 1. The van der Waals surface area contributed by atoms with Gasteiger partial charge in [-0.05, 0) is 45.2 Å². The van der Waals surface area contributed by atoms with Gasteiger partial charge in [-0.3, -0.25) is 0 Å². The van der Waals surface area contributed by atoms with Crippen LogP contribution in [-0.2, 0) is 4.74 Å². The van der Waals surface area contributed by atoms with Crippen LogP contribution in [0.15, 0.2) is 34.9 Å². The highest BCUT2D eigenvalue weighted by Gasteiger charge is 2.18. The summed E-state index contributed by atoms with van der Waals surface area (Å²) in [6.45, 7) is 0.951. The van der Waals surface area contributed by atoms with Gasteiger partial charge in [-0.15, -0.1) is 0 Å². The Morgan fingerprint density at radius 3 is 3.05 bits per heavy atom. The SMILES string of the molecule is CNC(CCCC1CCCO1)c1coc2ccccc12. The molecule has 2 heterocycles. The largest absolute Gasteiger partial charge is 0.464 e. The molecule has 20 heavy (non-hydrogen) atoms. The summed E-state index contributed by atoms with van der Waals surface area (Å²) in [5.74, 6) is 0. The summed E-state index contributed by atoms with van der Waals surface area (Å²) in [6, 6.07) is 8.61. The van der Waals surface area contributed by atoms with Crippen molar-refractivity contribution < 1.29 is 9.15 Å². The third kappa shape index (κ3) is 2.89. The molecule has 0 spiro atoms. The van der Waals surface area contributed by atoms with Crippen molar-refractivity contribution in [2.45, 2.75) is 44.2 Å². The molecule has 3 nitrogen and oxygen atoms in total. The summed E-state index contributed by atoms with van der Waals surface area (Å²) >= 11 is 0. The van der Waals surface area contributed by atoms with Gasteiger partial charge in [0.05, 0.1) is 12.4 Å². The van der Waals surface area contributed by atoms with E-state index in [-0.39, 0.29) is 0 Å². The van der Waals surface area contributed by atoms with Crippen molar-refractivity contribution in [1.29, 1.82) is 0 Å². The molecule has 1 aliphatic heterocycles. The molecule has 2 aromatic rings. The molecule has 1 saturated heterocycles. The second-order valence-corrected chi connectivity index (χ2v) is 5.59. The van der Waals surface area contributed by atoms with E-state index in [2.05, 4.69) is 17.4 Å². The molecule has 2 atom stereocenters. The normalized spacial score (nSPS) is 20.6. The lowest BCUT2D eigenvalue weighted by Gasteiger charge is -2.16. The van der Waals surface area contributed by atoms with Gasteiger partial charge in [0.15, 0.2) is 0 Å². The first-order valence-electron chi connectivity index (χ1n) is 7.63. The Morgan fingerprint density at radius 2 is 2.25 bits per heavy atom. The number of furan rings is 1. The van der Waals surface area contributed by atoms with Crippen LogP contribution in [0.3, 0.4) is 0 Å². The third-order valence-electron chi connectivity index (χ3n) is 4.28. The molecule has 108 valence electrons. The van der Waals surface area contributed by atoms with Crippen molar-refractivity contribution in [3.05, 3.63) is 36.1 Å². The summed E-state index contributed by atoms with van der Waals surface area (Å²) in [5.41, 5.74) is 2.25. The highest BCUT2D eigenvalue weighted by molar-refractivity contribution is 5.81. The highest BCUT2D eigenvalue weighted by Crippen LogP contribution is 2.29. The maximum absolute atomic E-state index is 5.69. The minimum atomic E-state index is 0.361. The van der Waals surface area contributed by atoms with Gasteiger partial charge in [-0.2, -0.15) is 0 Å². The maximum atomic E-state index is 5.69. The van der Waals surface area contributed by atoms with E-state index < -0.39 is 0 Å². The Bertz CT molecular complexity index is 543. The Hall–Kier alpha value is -1.32. The molecule has 3 heteroatoms. The van der Waals surface area contributed by atoms with Crippen molar-refractivity contribution >= 4 is 11.0 Å². The van der Waals surface area contributed by atoms with Gasteiger partial charge in [-0.25, -0.2) is 0 Å². The summed E-state index contributed by atoms with van der Waals surface area (Å²) in [5, 5.41) is 4.65. The minimum absolute atomic E-state index is 0.361. The number of fused-ring (bicyclic) bond motifs is 1. The lowest BCUT2D eigenvalue weighted by Crippen LogP contribution is -2.16. The van der Waals surface area contributed by atoms with E-state index in [1.807, 2.05) is 25.4 Å². The molecule has 1 aromatic carbocycles. The topological polar surface area (TPSA) is 34.4 Å². The molecule has 1 aromatic heterocycles. The number of rotatable bonds is 6. The second kappa shape index (κ2) is 6.42. The average Bonchev–Trinajstić information content (AvgIpc) is 3.13. The summed E-state index contributed by atoms with van der Waals surface area (Å²) in [4.78, 5) is 0. The van der Waals surface area contributed by atoms with E-state index in [1.165, 1.54) is 36.6 Å². The van der Waals surface area contributed by atoms with Gasteiger partial charge >= 0.3 is 0 Å². The van der Waals surface area contributed by atoms with Gasteiger partial charge in [0, 0.05) is 23.6 Å². The van der Waals surface area contributed by atoms with Crippen LogP contribution in [0.4, 0.5) is 0 Å². The van der Waals surface area contributed by atoms with Crippen LogP contribution < -0.4 is 5.32 Å². The smallest absolute Gasteiger partial charge is 0.134 e. The first kappa shape index (κ1) is 13.7. The van der Waals surface area contributed by atoms with Crippen LogP contribution in [0.1, 0.15) is 43.7 Å². The minimum Gasteiger partial charge on any atom is -0.464 e. The molecule has 2 unspecified atom stereocenters. The summed E-state index contributed by atoms with van der Waals surface area (Å²) in [6.07, 6.45) is 8.35. The zero-order valence-electron chi connectivity index (χ0n) is 12.1. The monoisotopic (exact) mass is 273 g/mol. The molecule has 0 aliphatic carbocycles. The molecular formula is C17H23NO2. The lowest BCUT2D eigenvalue weighted by molar-refractivity contribution is 0.101. The third-order valence-corrected chi connectivity index (χ3v) is 4.28. The maximum Gasteiger partial charge on any atom is 0.134 e. The fourth-order valence-electron chi connectivity index (χ4n) is 3.15. The number of benzene rings is 1. The Morgan fingerprint density at radius 1 is 1.35 bits per heavy atom. The standard InChI is InChI=1S/C17H23NO2/c1-18-16(9-4-6-13-7-5-11-19-13)15-12-20-17-10-3-2-8-14(15)17/h2-3,8,10,12-13,16,18H,4-7,9,11H2,1H3. The van der Waals surface area contributed by atoms with Crippen molar-refractivity contribution in [2.75, 3.05) is 13.7 Å². The quantitative estimate of drug-likeness (QED) is 0.862. The van der Waals surface area contributed by atoms with Crippen molar-refractivity contribution in [3.63, 3.8) is 0 Å². The molecule has 1 fully saturated rings. The number of nitrogens with one attached hydrogen (secondary N) is 1. The number of para-hydroxylation sites is 1. The molecule has 1 N–H and O–H groups in total. The molecular weight excluding hydrogens is 250 g/mol. The predicted octanol–water partition coefficient (Wildman–Crippen LogP) is 4.04. The predicted molar refractivity (Wildman–Crippen MR) is 80.8 cm³/mol. The average molecular weight is 273 g/mol. The van der Waals surface area contributed by atoms with E-state index in [4.69, 9.17) is 9.15 Å². The fourth-order valence-corrected chi connectivity index (χ4v) is 3.15. The molecule has 0 bridgehead atoms. The molecule has 0 radical (unpaired) electrons. The van der Waals surface area contributed by atoms with Gasteiger partial charge in [0.2, 0.25) is 0 Å². The number of hydrogen-bond acceptors (Lipinski definition) is 3. The first-order chi connectivity index (χ1) is 9.88. The lowest BCUT2D eigenvalue weighted by atomic mass is 9.99. The molecule has 0 saturated carbocycles. The molecule has 3 rings (SSSR count). The van der Waals surface area contributed by atoms with Gasteiger partial charge in [0.1, 0.15) is 5.58 Å². The molecule has 0 amide bonds. The highest BCUT2D eigenvalue weighted by atomic mass is 16.5. The van der Waals surface area contributed by atoms with E-state index in [9.17, 15) is 0 Å². The van der Waals surface area contributed by atoms with Crippen LogP contribution in [0.5, 0.6) is 0 Å². The summed E-state index contributed by atoms with van der Waals surface area (Å²) < 4.78 is 11.3. The van der Waals surface area contributed by atoms with Gasteiger partial charge in [0.25, 0.3) is 0 Å². The van der Waals surface area contributed by atoms with Crippen LogP contribution in [0, 0.1) is 0 Å². The van der Waals surface area contributed by atoms with Gasteiger partial charge < -0.3 is 14.5 Å². The first-order valence-corrected chi connectivity index (χ1v) is 7.63. The van der Waals surface area contributed by atoms with Crippen molar-refractivity contribution in [1.82, 2.24) is 5.32 Å². The fraction of sp³-hybridized carbons (Fsp3) is 0.529. The van der Waals surface area contributed by atoms with E-state index in [0.717, 1.165) is 18.6 Å². The Balaban J connectivity index is 1.63. The number of hydrogen-bond donors (Lipinski definition) is 1. The van der Waals surface area contributed by atoms with E-state index in [1.54, 1.807) is 0 Å². The molecule has 1 aliphatic rings. The van der Waals surface area contributed by atoms with Crippen LogP contribution >= 0.6 is 0 Å². The van der Waals surface area contributed by atoms with Crippen molar-refractivity contribution in [2.24, 2.45) is 0 Å². The van der Waals surface area contributed by atoms with E-state index >= 15 is 0 Å². The van der Waals surface area contributed by atoms with Crippen LogP contribution in [-0.4, -0.2) is 19.8 Å². The van der Waals surface area contributed by atoms with Gasteiger partial charge in [-0.1, -0.05) is 18.2 Å². The second-order valence-electron chi connectivity index (χ2n) is 5.59.